The van der Waals surface area contributed by atoms with E-state index >= 15 is 0 Å². The first kappa shape index (κ1) is 17.7. The number of aromatic nitrogens is 4. The second kappa shape index (κ2) is 8.81. The van der Waals surface area contributed by atoms with E-state index in [0.717, 1.165) is 55.0 Å². The van der Waals surface area contributed by atoms with Crippen LogP contribution in [0.1, 0.15) is 12.0 Å². The Morgan fingerprint density at radius 2 is 1.67 bits per heavy atom. The van der Waals surface area contributed by atoms with Crippen LogP contribution in [0.5, 0.6) is 0 Å². The Bertz CT molecular complexity index is 845. The molecule has 0 radical (unpaired) electrons. The van der Waals surface area contributed by atoms with Crippen LogP contribution >= 0.6 is 11.8 Å². The topological polar surface area (TPSA) is 58.0 Å². The lowest BCUT2D eigenvalue weighted by Crippen LogP contribution is -2.31. The molecule has 3 aromatic rings. The van der Waals surface area contributed by atoms with Crippen LogP contribution in [0.3, 0.4) is 0 Å². The van der Waals surface area contributed by atoms with Gasteiger partial charge in [0.2, 0.25) is 0 Å². The first-order chi connectivity index (χ1) is 13.4. The molecular weight excluding hydrogens is 356 g/mol. The summed E-state index contributed by atoms with van der Waals surface area (Å²) in [7, 11) is 0. The number of thioether (sulfide) groups is 1. The maximum absolute atomic E-state index is 4.83. The first-order valence-corrected chi connectivity index (χ1v) is 10.1. The van der Waals surface area contributed by atoms with Gasteiger partial charge in [-0.3, -0.25) is 4.98 Å². The van der Waals surface area contributed by atoms with E-state index in [4.69, 9.17) is 4.98 Å². The van der Waals surface area contributed by atoms with Gasteiger partial charge < -0.3 is 9.80 Å². The Morgan fingerprint density at radius 1 is 0.852 bits per heavy atom. The molecule has 0 unspecified atom stereocenters. The number of benzene rings is 1. The third-order valence-electron chi connectivity index (χ3n) is 4.53. The predicted molar refractivity (Wildman–Crippen MR) is 109 cm³/mol. The molecule has 1 fully saturated rings. The largest absolute Gasteiger partial charge is 0.353 e. The van der Waals surface area contributed by atoms with Crippen LogP contribution in [-0.4, -0.2) is 46.3 Å². The van der Waals surface area contributed by atoms with Gasteiger partial charge in [-0.05, 0) is 24.1 Å². The van der Waals surface area contributed by atoms with Gasteiger partial charge in [0.15, 0.2) is 5.82 Å². The molecule has 4 rings (SSSR count). The van der Waals surface area contributed by atoms with Crippen molar-refractivity contribution < 1.29 is 0 Å². The predicted octanol–water partition coefficient (Wildman–Crippen LogP) is 3.28. The minimum atomic E-state index is 0.901. The molecule has 1 aromatic carbocycles. The molecule has 1 aliphatic rings. The van der Waals surface area contributed by atoms with Crippen LogP contribution in [-0.2, 0) is 5.75 Å². The lowest BCUT2D eigenvalue weighted by Gasteiger charge is -2.23. The molecule has 0 saturated carbocycles. The molecule has 7 heteroatoms. The lowest BCUT2D eigenvalue weighted by molar-refractivity contribution is 0.783. The molecule has 1 saturated heterocycles. The van der Waals surface area contributed by atoms with Gasteiger partial charge >= 0.3 is 0 Å². The molecule has 6 nitrogen and oxygen atoms in total. The van der Waals surface area contributed by atoms with Gasteiger partial charge in [-0.25, -0.2) is 4.98 Å². The minimum absolute atomic E-state index is 0.901. The van der Waals surface area contributed by atoms with E-state index in [1.54, 1.807) is 18.0 Å². The van der Waals surface area contributed by atoms with Crippen molar-refractivity contribution in [3.8, 4) is 0 Å². The Kier molecular flexibility index (Phi) is 5.79. The summed E-state index contributed by atoms with van der Waals surface area (Å²) in [5, 5.41) is 9.19. The highest BCUT2D eigenvalue weighted by molar-refractivity contribution is 7.98. The molecule has 0 bridgehead atoms. The van der Waals surface area contributed by atoms with Crippen LogP contribution in [0, 0.1) is 0 Å². The third-order valence-corrected chi connectivity index (χ3v) is 5.50. The lowest BCUT2D eigenvalue weighted by atomic mass is 10.2. The SMILES string of the molecule is c1ccc(CSc2cncc(N3CCCN(c4cccnn4)CC3)n2)cc1. The average molecular weight is 379 g/mol. The van der Waals surface area contributed by atoms with E-state index in [2.05, 4.69) is 49.2 Å². The van der Waals surface area contributed by atoms with Gasteiger partial charge in [0.25, 0.3) is 0 Å². The molecule has 3 heterocycles. The van der Waals surface area contributed by atoms with Crippen LogP contribution in [0.15, 0.2) is 66.1 Å². The maximum Gasteiger partial charge on any atom is 0.151 e. The standard InChI is InChI=1S/C20H22N6S/c1-2-6-17(7-3-1)16-27-20-15-21-14-19(23-20)26-11-5-10-25(12-13-26)18-8-4-9-22-24-18/h1-4,6-9,14-15H,5,10-13,16H2. The summed E-state index contributed by atoms with van der Waals surface area (Å²) in [5.74, 6) is 2.80. The molecular formula is C20H22N6S. The summed E-state index contributed by atoms with van der Waals surface area (Å²) < 4.78 is 0. The molecule has 0 N–H and O–H groups in total. The van der Waals surface area contributed by atoms with Crippen molar-refractivity contribution in [2.75, 3.05) is 36.0 Å². The van der Waals surface area contributed by atoms with Crippen LogP contribution in [0.25, 0.3) is 0 Å². The highest BCUT2D eigenvalue weighted by Gasteiger charge is 2.17. The van der Waals surface area contributed by atoms with Crippen molar-refractivity contribution in [1.29, 1.82) is 0 Å². The third kappa shape index (κ3) is 4.74. The first-order valence-electron chi connectivity index (χ1n) is 9.15. The molecule has 0 spiro atoms. The summed E-state index contributed by atoms with van der Waals surface area (Å²) in [6, 6.07) is 14.4. The fraction of sp³-hybridized carbons (Fsp3) is 0.300. The zero-order chi connectivity index (χ0) is 18.3. The molecule has 27 heavy (non-hydrogen) atoms. The Balaban J connectivity index is 1.40. The van der Waals surface area contributed by atoms with Gasteiger partial charge in [-0.15, -0.1) is 16.9 Å². The van der Waals surface area contributed by atoms with Gasteiger partial charge in [0, 0.05) is 38.1 Å². The van der Waals surface area contributed by atoms with Gasteiger partial charge in [0.1, 0.15) is 10.8 Å². The minimum Gasteiger partial charge on any atom is -0.353 e. The zero-order valence-electron chi connectivity index (χ0n) is 15.1. The van der Waals surface area contributed by atoms with Crippen LogP contribution in [0.4, 0.5) is 11.6 Å². The molecule has 138 valence electrons. The van der Waals surface area contributed by atoms with Crippen molar-refractivity contribution >= 4 is 23.4 Å². The van der Waals surface area contributed by atoms with E-state index in [0.29, 0.717) is 0 Å². The van der Waals surface area contributed by atoms with E-state index in [1.807, 2.05) is 30.6 Å². The average Bonchev–Trinajstić information content (AvgIpc) is 3.00. The number of hydrogen-bond acceptors (Lipinski definition) is 7. The quantitative estimate of drug-likeness (QED) is 0.632. The fourth-order valence-corrected chi connectivity index (χ4v) is 3.93. The van der Waals surface area contributed by atoms with Crippen molar-refractivity contribution in [3.05, 3.63) is 66.6 Å². The molecule has 2 aromatic heterocycles. The summed E-state index contributed by atoms with van der Waals surface area (Å²) in [5.41, 5.74) is 1.30. The molecule has 0 amide bonds. The second-order valence-electron chi connectivity index (χ2n) is 6.40. The molecule has 1 aliphatic heterocycles. The van der Waals surface area contributed by atoms with E-state index in [9.17, 15) is 0 Å². The monoisotopic (exact) mass is 378 g/mol. The van der Waals surface area contributed by atoms with Crippen LogP contribution < -0.4 is 9.80 Å². The summed E-state index contributed by atoms with van der Waals surface area (Å²) in [6.45, 7) is 3.75. The Morgan fingerprint density at radius 3 is 2.44 bits per heavy atom. The zero-order valence-corrected chi connectivity index (χ0v) is 15.9. The van der Waals surface area contributed by atoms with E-state index in [-0.39, 0.29) is 0 Å². The van der Waals surface area contributed by atoms with Gasteiger partial charge in [0.05, 0.1) is 12.4 Å². The molecule has 0 aliphatic carbocycles. The maximum atomic E-state index is 4.83. The summed E-state index contributed by atoms with van der Waals surface area (Å²) >= 11 is 1.73. The Hall–Kier alpha value is -2.67. The van der Waals surface area contributed by atoms with E-state index < -0.39 is 0 Å². The Labute approximate surface area is 163 Å². The summed E-state index contributed by atoms with van der Waals surface area (Å²) in [4.78, 5) is 13.9. The fourth-order valence-electron chi connectivity index (χ4n) is 3.13. The van der Waals surface area contributed by atoms with Crippen molar-refractivity contribution in [2.24, 2.45) is 0 Å². The van der Waals surface area contributed by atoms with Crippen molar-refractivity contribution in [1.82, 2.24) is 20.2 Å². The van der Waals surface area contributed by atoms with Gasteiger partial charge in [-0.2, -0.15) is 5.10 Å². The smallest absolute Gasteiger partial charge is 0.151 e. The number of anilines is 2. The second-order valence-corrected chi connectivity index (χ2v) is 7.39. The number of rotatable bonds is 5. The van der Waals surface area contributed by atoms with E-state index in [1.165, 1.54) is 5.56 Å². The van der Waals surface area contributed by atoms with Crippen LogP contribution in [0.2, 0.25) is 0 Å². The molecule has 0 atom stereocenters. The normalized spacial score (nSPS) is 14.8. The van der Waals surface area contributed by atoms with Crippen molar-refractivity contribution in [3.63, 3.8) is 0 Å². The highest BCUT2D eigenvalue weighted by atomic mass is 32.2. The number of nitrogens with zero attached hydrogens (tertiary/aromatic N) is 6. The van der Waals surface area contributed by atoms with Gasteiger partial charge in [-0.1, -0.05) is 30.3 Å². The number of hydrogen-bond donors (Lipinski definition) is 0. The highest BCUT2D eigenvalue weighted by Crippen LogP contribution is 2.23. The summed E-state index contributed by atoms with van der Waals surface area (Å²) in [6.07, 6.45) is 6.48. The van der Waals surface area contributed by atoms with Crippen molar-refractivity contribution in [2.45, 2.75) is 17.2 Å².